The third kappa shape index (κ3) is 2.65. The lowest BCUT2D eigenvalue weighted by molar-refractivity contribution is 1.33. The highest BCUT2D eigenvalue weighted by atomic mass is 35.5. The van der Waals surface area contributed by atoms with E-state index < -0.39 is 0 Å². The van der Waals surface area contributed by atoms with Crippen molar-refractivity contribution in [3.8, 4) is 6.07 Å². The monoisotopic (exact) mass is 244 g/mol. The molecule has 0 saturated carbocycles. The van der Waals surface area contributed by atoms with E-state index in [0.717, 1.165) is 5.69 Å². The van der Waals surface area contributed by atoms with Gasteiger partial charge in [-0.25, -0.2) is 4.98 Å². The predicted octanol–water partition coefficient (Wildman–Crippen LogP) is 2.93. The number of halogens is 1. The van der Waals surface area contributed by atoms with Crippen LogP contribution in [0.3, 0.4) is 0 Å². The van der Waals surface area contributed by atoms with E-state index in [0.29, 0.717) is 22.1 Å². The maximum Gasteiger partial charge on any atom is 0.125 e. The van der Waals surface area contributed by atoms with Crippen molar-refractivity contribution < 1.29 is 0 Å². The molecule has 1 aromatic carbocycles. The molecule has 0 aliphatic heterocycles. The number of nitriles is 1. The molecule has 17 heavy (non-hydrogen) atoms. The Labute approximate surface area is 104 Å². The van der Waals surface area contributed by atoms with Crippen LogP contribution in [0.25, 0.3) is 0 Å². The molecule has 2 aromatic rings. The number of nitrogen functional groups attached to an aromatic ring is 1. The van der Waals surface area contributed by atoms with Crippen molar-refractivity contribution in [2.75, 3.05) is 11.1 Å². The average Bonchev–Trinajstić information content (AvgIpc) is 2.29. The van der Waals surface area contributed by atoms with E-state index in [1.54, 1.807) is 36.5 Å². The summed E-state index contributed by atoms with van der Waals surface area (Å²) in [7, 11) is 0. The fourth-order valence-corrected chi connectivity index (χ4v) is 1.57. The van der Waals surface area contributed by atoms with Gasteiger partial charge in [0.15, 0.2) is 0 Å². The van der Waals surface area contributed by atoms with Crippen molar-refractivity contribution in [3.05, 3.63) is 47.1 Å². The van der Waals surface area contributed by atoms with Crippen LogP contribution in [0.15, 0.2) is 36.5 Å². The molecule has 0 radical (unpaired) electrons. The van der Waals surface area contributed by atoms with E-state index in [-0.39, 0.29) is 0 Å². The zero-order chi connectivity index (χ0) is 12.3. The van der Waals surface area contributed by atoms with E-state index in [4.69, 9.17) is 22.6 Å². The van der Waals surface area contributed by atoms with Crippen molar-refractivity contribution in [2.24, 2.45) is 0 Å². The first-order valence-electron chi connectivity index (χ1n) is 4.87. The standard InChI is InChI=1S/C12H9ClN4/c13-9-2-1-8(7-14)11(5-9)17-10-3-4-16-12(15)6-10/h1-6H,(H3,15,16,17). The van der Waals surface area contributed by atoms with Crippen LogP contribution in [0.1, 0.15) is 5.56 Å². The second-order valence-corrected chi connectivity index (χ2v) is 3.83. The Hall–Kier alpha value is -2.25. The second kappa shape index (κ2) is 4.73. The molecule has 1 heterocycles. The smallest absolute Gasteiger partial charge is 0.125 e. The van der Waals surface area contributed by atoms with Gasteiger partial charge in [0.05, 0.1) is 11.3 Å². The van der Waals surface area contributed by atoms with Gasteiger partial charge < -0.3 is 11.1 Å². The number of benzene rings is 1. The third-order valence-corrected chi connectivity index (χ3v) is 2.40. The molecule has 3 N–H and O–H groups in total. The highest BCUT2D eigenvalue weighted by molar-refractivity contribution is 6.30. The van der Waals surface area contributed by atoms with Crippen LogP contribution in [-0.2, 0) is 0 Å². The number of hydrogen-bond donors (Lipinski definition) is 2. The topological polar surface area (TPSA) is 74.7 Å². The van der Waals surface area contributed by atoms with Crippen LogP contribution in [0.2, 0.25) is 5.02 Å². The van der Waals surface area contributed by atoms with E-state index in [1.165, 1.54) is 0 Å². The van der Waals surface area contributed by atoms with Crippen LogP contribution in [0.4, 0.5) is 17.2 Å². The van der Waals surface area contributed by atoms with Crippen molar-refractivity contribution in [1.29, 1.82) is 5.26 Å². The molecular weight excluding hydrogens is 236 g/mol. The molecule has 4 nitrogen and oxygen atoms in total. The number of nitrogens with two attached hydrogens (primary N) is 1. The lowest BCUT2D eigenvalue weighted by Crippen LogP contribution is -1.96. The van der Waals surface area contributed by atoms with Crippen LogP contribution in [0, 0.1) is 11.3 Å². The summed E-state index contributed by atoms with van der Waals surface area (Å²) in [5.41, 5.74) is 7.49. The van der Waals surface area contributed by atoms with Gasteiger partial charge in [0.1, 0.15) is 11.9 Å². The molecule has 0 bridgehead atoms. The maximum absolute atomic E-state index is 8.97. The molecular formula is C12H9ClN4. The number of aromatic nitrogens is 1. The largest absolute Gasteiger partial charge is 0.384 e. The Morgan fingerprint density at radius 3 is 2.82 bits per heavy atom. The normalized spacial score (nSPS) is 9.65. The predicted molar refractivity (Wildman–Crippen MR) is 68.1 cm³/mol. The summed E-state index contributed by atoms with van der Waals surface area (Å²) in [5.74, 6) is 0.413. The molecule has 0 spiro atoms. The Morgan fingerprint density at radius 1 is 1.29 bits per heavy atom. The highest BCUT2D eigenvalue weighted by Gasteiger charge is 2.03. The fourth-order valence-electron chi connectivity index (χ4n) is 1.40. The van der Waals surface area contributed by atoms with Crippen molar-refractivity contribution in [2.45, 2.75) is 0 Å². The molecule has 0 saturated heterocycles. The summed E-state index contributed by atoms with van der Waals surface area (Å²) in [6.07, 6.45) is 1.59. The van der Waals surface area contributed by atoms with Gasteiger partial charge in [0.25, 0.3) is 0 Å². The number of nitrogens with one attached hydrogen (secondary N) is 1. The number of hydrogen-bond acceptors (Lipinski definition) is 4. The van der Waals surface area contributed by atoms with Gasteiger partial charge in [0.2, 0.25) is 0 Å². The maximum atomic E-state index is 8.97. The first kappa shape index (κ1) is 11.2. The lowest BCUT2D eigenvalue weighted by Gasteiger charge is -2.08. The highest BCUT2D eigenvalue weighted by Crippen LogP contribution is 2.24. The lowest BCUT2D eigenvalue weighted by atomic mass is 10.2. The SMILES string of the molecule is N#Cc1ccc(Cl)cc1Nc1ccnc(N)c1. The number of rotatable bonds is 2. The Kier molecular flexibility index (Phi) is 3.12. The Bertz CT molecular complexity index is 589. The molecule has 5 heteroatoms. The van der Waals surface area contributed by atoms with Crippen LogP contribution >= 0.6 is 11.6 Å². The number of nitrogens with zero attached hydrogens (tertiary/aromatic N) is 2. The molecule has 0 aliphatic rings. The Morgan fingerprint density at radius 2 is 2.12 bits per heavy atom. The summed E-state index contributed by atoms with van der Waals surface area (Å²) in [5, 5.41) is 12.6. The quantitative estimate of drug-likeness (QED) is 0.852. The summed E-state index contributed by atoms with van der Waals surface area (Å²) in [6, 6.07) is 10.6. The molecule has 0 atom stereocenters. The molecule has 1 aromatic heterocycles. The van der Waals surface area contributed by atoms with E-state index >= 15 is 0 Å². The van der Waals surface area contributed by atoms with Gasteiger partial charge in [-0.15, -0.1) is 0 Å². The summed E-state index contributed by atoms with van der Waals surface area (Å²) in [6.45, 7) is 0. The van der Waals surface area contributed by atoms with E-state index in [1.807, 2.05) is 0 Å². The van der Waals surface area contributed by atoms with Gasteiger partial charge in [0, 0.05) is 23.0 Å². The zero-order valence-corrected chi connectivity index (χ0v) is 9.57. The van der Waals surface area contributed by atoms with E-state index in [2.05, 4.69) is 16.4 Å². The molecule has 0 unspecified atom stereocenters. The molecule has 0 aliphatic carbocycles. The van der Waals surface area contributed by atoms with Crippen LogP contribution < -0.4 is 11.1 Å². The second-order valence-electron chi connectivity index (χ2n) is 3.40. The van der Waals surface area contributed by atoms with Crippen molar-refractivity contribution in [1.82, 2.24) is 4.98 Å². The van der Waals surface area contributed by atoms with Crippen LogP contribution in [-0.4, -0.2) is 4.98 Å². The minimum atomic E-state index is 0.413. The van der Waals surface area contributed by atoms with E-state index in [9.17, 15) is 0 Å². The fraction of sp³-hybridized carbons (Fsp3) is 0. The summed E-state index contributed by atoms with van der Waals surface area (Å²) in [4.78, 5) is 3.89. The van der Waals surface area contributed by atoms with Gasteiger partial charge in [-0.3, -0.25) is 0 Å². The number of pyridine rings is 1. The summed E-state index contributed by atoms with van der Waals surface area (Å²) >= 11 is 5.88. The molecule has 84 valence electrons. The Balaban J connectivity index is 2.36. The van der Waals surface area contributed by atoms with Gasteiger partial charge in [-0.2, -0.15) is 5.26 Å². The van der Waals surface area contributed by atoms with Gasteiger partial charge in [-0.1, -0.05) is 11.6 Å². The molecule has 0 amide bonds. The van der Waals surface area contributed by atoms with Crippen LogP contribution in [0.5, 0.6) is 0 Å². The average molecular weight is 245 g/mol. The number of anilines is 3. The van der Waals surface area contributed by atoms with Crippen molar-refractivity contribution in [3.63, 3.8) is 0 Å². The minimum absolute atomic E-state index is 0.413. The first-order valence-corrected chi connectivity index (χ1v) is 5.25. The minimum Gasteiger partial charge on any atom is -0.384 e. The molecule has 2 rings (SSSR count). The van der Waals surface area contributed by atoms with Gasteiger partial charge in [-0.05, 0) is 24.3 Å². The zero-order valence-electron chi connectivity index (χ0n) is 8.81. The van der Waals surface area contributed by atoms with Gasteiger partial charge >= 0.3 is 0 Å². The summed E-state index contributed by atoms with van der Waals surface area (Å²) < 4.78 is 0. The first-order chi connectivity index (χ1) is 8.19. The molecule has 0 fully saturated rings. The van der Waals surface area contributed by atoms with Crippen molar-refractivity contribution >= 4 is 28.8 Å². The third-order valence-electron chi connectivity index (χ3n) is 2.16.